The first-order valence-electron chi connectivity index (χ1n) is 7.90. The minimum Gasteiger partial charge on any atom is -0.409 e. The summed E-state index contributed by atoms with van der Waals surface area (Å²) in [5.41, 5.74) is 5.63. The predicted octanol–water partition coefficient (Wildman–Crippen LogP) is 2.72. The van der Waals surface area contributed by atoms with Crippen molar-refractivity contribution in [1.82, 2.24) is 4.90 Å². The maximum Gasteiger partial charge on any atom is 0.226 e. The van der Waals surface area contributed by atoms with Crippen molar-refractivity contribution in [3.8, 4) is 0 Å². The predicted molar refractivity (Wildman–Crippen MR) is 80.7 cm³/mol. The minimum absolute atomic E-state index is 0.0806. The Bertz CT molecular complexity index is 319. The lowest BCUT2D eigenvalue weighted by Crippen LogP contribution is -2.46. The summed E-state index contributed by atoms with van der Waals surface area (Å²) in [7, 11) is 0. The van der Waals surface area contributed by atoms with Gasteiger partial charge in [-0.25, -0.2) is 0 Å². The molecule has 1 amide bonds. The van der Waals surface area contributed by atoms with Crippen LogP contribution in [0.3, 0.4) is 0 Å². The zero-order chi connectivity index (χ0) is 15.0. The summed E-state index contributed by atoms with van der Waals surface area (Å²) in [4.78, 5) is 14.7. The first-order chi connectivity index (χ1) is 9.63. The highest BCUT2D eigenvalue weighted by atomic mass is 16.4. The normalized spacial score (nSPS) is 16.9. The van der Waals surface area contributed by atoms with Crippen LogP contribution < -0.4 is 5.73 Å². The molecule has 116 valence electrons. The molecule has 5 heteroatoms. The number of carbonyl (C=O) groups excluding carboxylic acids is 1. The van der Waals surface area contributed by atoms with E-state index in [1.165, 1.54) is 0 Å². The van der Waals surface area contributed by atoms with Crippen LogP contribution in [0.5, 0.6) is 0 Å². The molecule has 1 rings (SSSR count). The van der Waals surface area contributed by atoms with Crippen LogP contribution in [0.15, 0.2) is 5.16 Å². The van der Waals surface area contributed by atoms with Gasteiger partial charge >= 0.3 is 0 Å². The molecule has 1 saturated carbocycles. The van der Waals surface area contributed by atoms with E-state index in [0.29, 0.717) is 0 Å². The van der Waals surface area contributed by atoms with Gasteiger partial charge in [0.2, 0.25) is 5.91 Å². The van der Waals surface area contributed by atoms with E-state index in [0.717, 1.165) is 51.4 Å². The Morgan fingerprint density at radius 3 is 2.30 bits per heavy atom. The lowest BCUT2D eigenvalue weighted by Gasteiger charge is -2.32. The zero-order valence-electron chi connectivity index (χ0n) is 12.8. The van der Waals surface area contributed by atoms with E-state index < -0.39 is 0 Å². The van der Waals surface area contributed by atoms with Gasteiger partial charge in [-0.3, -0.25) is 4.79 Å². The summed E-state index contributed by atoms with van der Waals surface area (Å²) < 4.78 is 0. The Kier molecular flexibility index (Phi) is 7.41. The fraction of sp³-hybridized carbons (Fsp3) is 0.867. The van der Waals surface area contributed by atoms with Gasteiger partial charge in [0.25, 0.3) is 0 Å². The van der Waals surface area contributed by atoms with Crippen molar-refractivity contribution in [2.24, 2.45) is 16.8 Å². The van der Waals surface area contributed by atoms with Gasteiger partial charge in [-0.05, 0) is 25.7 Å². The Morgan fingerprint density at radius 1 is 1.30 bits per heavy atom. The molecule has 1 aliphatic rings. The van der Waals surface area contributed by atoms with E-state index in [-0.39, 0.29) is 30.2 Å². The van der Waals surface area contributed by atoms with Crippen LogP contribution >= 0.6 is 0 Å². The van der Waals surface area contributed by atoms with Crippen LogP contribution in [0.1, 0.15) is 65.2 Å². The summed E-state index contributed by atoms with van der Waals surface area (Å²) in [5, 5.41) is 11.8. The second kappa shape index (κ2) is 8.82. The van der Waals surface area contributed by atoms with Crippen LogP contribution in [-0.2, 0) is 4.79 Å². The van der Waals surface area contributed by atoms with E-state index in [1.54, 1.807) is 0 Å². The van der Waals surface area contributed by atoms with Crippen LogP contribution in [0.2, 0.25) is 0 Å². The molecule has 3 N–H and O–H groups in total. The molecule has 0 unspecified atom stereocenters. The smallest absolute Gasteiger partial charge is 0.226 e. The van der Waals surface area contributed by atoms with Gasteiger partial charge in [0.05, 0.1) is 6.54 Å². The quantitative estimate of drug-likeness (QED) is 0.311. The Labute approximate surface area is 122 Å². The highest BCUT2D eigenvalue weighted by molar-refractivity contribution is 5.88. The van der Waals surface area contributed by atoms with E-state index in [9.17, 15) is 4.79 Å². The Balaban J connectivity index is 2.80. The van der Waals surface area contributed by atoms with Gasteiger partial charge in [0, 0.05) is 12.0 Å². The van der Waals surface area contributed by atoms with Crippen molar-refractivity contribution in [2.75, 3.05) is 6.54 Å². The second-order valence-corrected chi connectivity index (χ2v) is 5.77. The number of nitrogens with two attached hydrogens (primary N) is 1. The van der Waals surface area contributed by atoms with E-state index in [2.05, 4.69) is 19.0 Å². The van der Waals surface area contributed by atoms with Crippen LogP contribution in [0.4, 0.5) is 0 Å². The maximum atomic E-state index is 12.8. The van der Waals surface area contributed by atoms with E-state index in [1.807, 2.05) is 4.90 Å². The molecular formula is C15H29N3O2. The monoisotopic (exact) mass is 283 g/mol. The number of carbonyl (C=O) groups is 1. The molecule has 0 bridgehead atoms. The molecule has 0 spiro atoms. The number of rotatable bonds is 8. The van der Waals surface area contributed by atoms with Crippen molar-refractivity contribution in [2.45, 2.75) is 71.3 Å². The molecule has 0 radical (unpaired) electrons. The van der Waals surface area contributed by atoms with Gasteiger partial charge in [-0.2, -0.15) is 0 Å². The van der Waals surface area contributed by atoms with Crippen molar-refractivity contribution < 1.29 is 10.0 Å². The SMILES string of the molecule is CCCC(CCC)C(=O)N(CC(N)=NO)C1CCCC1. The fourth-order valence-corrected chi connectivity index (χ4v) is 3.13. The number of amides is 1. The van der Waals surface area contributed by atoms with Crippen LogP contribution in [-0.4, -0.2) is 34.4 Å². The topological polar surface area (TPSA) is 78.9 Å². The highest BCUT2D eigenvalue weighted by Gasteiger charge is 2.31. The average molecular weight is 283 g/mol. The molecule has 20 heavy (non-hydrogen) atoms. The molecule has 0 aromatic carbocycles. The zero-order valence-corrected chi connectivity index (χ0v) is 12.8. The van der Waals surface area contributed by atoms with Gasteiger partial charge in [-0.1, -0.05) is 44.7 Å². The Morgan fingerprint density at radius 2 is 1.85 bits per heavy atom. The van der Waals surface area contributed by atoms with Crippen molar-refractivity contribution in [3.63, 3.8) is 0 Å². The molecule has 0 aliphatic heterocycles. The molecule has 0 aromatic heterocycles. The first kappa shape index (κ1) is 16.8. The maximum absolute atomic E-state index is 12.8. The Hall–Kier alpha value is -1.26. The lowest BCUT2D eigenvalue weighted by atomic mass is 9.95. The molecule has 0 aromatic rings. The summed E-state index contributed by atoms with van der Waals surface area (Å²) in [6.07, 6.45) is 8.27. The first-order valence-corrected chi connectivity index (χ1v) is 7.90. The molecule has 0 heterocycles. The number of nitrogens with zero attached hydrogens (tertiary/aromatic N) is 2. The molecular weight excluding hydrogens is 254 g/mol. The summed E-state index contributed by atoms with van der Waals surface area (Å²) in [6, 6.07) is 0.263. The third kappa shape index (κ3) is 4.69. The molecule has 5 nitrogen and oxygen atoms in total. The van der Waals surface area contributed by atoms with Crippen molar-refractivity contribution >= 4 is 11.7 Å². The third-order valence-corrected chi connectivity index (χ3v) is 4.13. The number of hydrogen-bond donors (Lipinski definition) is 2. The number of oxime groups is 1. The van der Waals surface area contributed by atoms with Crippen LogP contribution in [0, 0.1) is 5.92 Å². The summed E-state index contributed by atoms with van der Waals surface area (Å²) >= 11 is 0. The number of amidine groups is 1. The largest absolute Gasteiger partial charge is 0.409 e. The fourth-order valence-electron chi connectivity index (χ4n) is 3.13. The van der Waals surface area contributed by atoms with E-state index in [4.69, 9.17) is 10.9 Å². The van der Waals surface area contributed by atoms with Gasteiger partial charge in [0.15, 0.2) is 5.84 Å². The van der Waals surface area contributed by atoms with Gasteiger partial charge in [0.1, 0.15) is 0 Å². The third-order valence-electron chi connectivity index (χ3n) is 4.13. The van der Waals surface area contributed by atoms with Crippen LogP contribution in [0.25, 0.3) is 0 Å². The average Bonchev–Trinajstić information content (AvgIpc) is 2.97. The second-order valence-electron chi connectivity index (χ2n) is 5.77. The lowest BCUT2D eigenvalue weighted by molar-refractivity contribution is -0.137. The summed E-state index contributed by atoms with van der Waals surface area (Å²) in [5.74, 6) is 0.390. The highest BCUT2D eigenvalue weighted by Crippen LogP contribution is 2.26. The van der Waals surface area contributed by atoms with Gasteiger partial charge in [-0.15, -0.1) is 0 Å². The molecule has 1 fully saturated rings. The summed E-state index contributed by atoms with van der Waals surface area (Å²) in [6.45, 7) is 4.47. The van der Waals surface area contributed by atoms with Gasteiger partial charge < -0.3 is 15.8 Å². The van der Waals surface area contributed by atoms with E-state index >= 15 is 0 Å². The number of hydrogen-bond acceptors (Lipinski definition) is 3. The molecule has 0 atom stereocenters. The van der Waals surface area contributed by atoms with Crippen molar-refractivity contribution in [1.29, 1.82) is 0 Å². The van der Waals surface area contributed by atoms with Crippen molar-refractivity contribution in [3.05, 3.63) is 0 Å². The standard InChI is InChI=1S/C15H29N3O2/c1-3-7-12(8-4-2)15(19)18(11-14(16)17-20)13-9-5-6-10-13/h12-13,20H,3-11H2,1-2H3,(H2,16,17). The molecule has 0 saturated heterocycles. The molecule has 1 aliphatic carbocycles. The minimum atomic E-state index is 0.0806.